The second-order valence-electron chi connectivity index (χ2n) is 6.11. The van der Waals surface area contributed by atoms with E-state index in [-0.39, 0.29) is 0 Å². The Kier molecular flexibility index (Phi) is 4.99. The molecule has 0 spiro atoms. The van der Waals surface area contributed by atoms with Gasteiger partial charge < -0.3 is 5.32 Å². The first-order chi connectivity index (χ1) is 9.10. The highest BCUT2D eigenvalue weighted by atomic mass is 15.3. The summed E-state index contributed by atoms with van der Waals surface area (Å²) in [6.45, 7) is 11.1. The van der Waals surface area contributed by atoms with Crippen LogP contribution in [0.1, 0.15) is 44.0 Å². The summed E-state index contributed by atoms with van der Waals surface area (Å²) >= 11 is 0. The van der Waals surface area contributed by atoms with Crippen molar-refractivity contribution in [2.24, 2.45) is 5.92 Å². The molecule has 1 unspecified atom stereocenters. The molecular formula is C15H28N4. The van der Waals surface area contributed by atoms with E-state index in [4.69, 9.17) is 0 Å². The predicted octanol–water partition coefficient (Wildman–Crippen LogP) is 2.20. The summed E-state index contributed by atoms with van der Waals surface area (Å²) in [7, 11) is 2.05. The number of likely N-dealkylation sites (tertiary alicyclic amines) is 1. The fourth-order valence-corrected chi connectivity index (χ4v) is 2.93. The molecule has 0 bridgehead atoms. The lowest BCUT2D eigenvalue weighted by atomic mass is 9.97. The van der Waals surface area contributed by atoms with Crippen molar-refractivity contribution in [3.05, 3.63) is 17.5 Å². The summed E-state index contributed by atoms with van der Waals surface area (Å²) in [5.41, 5.74) is 2.57. The van der Waals surface area contributed by atoms with E-state index >= 15 is 0 Å². The van der Waals surface area contributed by atoms with Crippen molar-refractivity contribution in [1.29, 1.82) is 0 Å². The van der Waals surface area contributed by atoms with Crippen LogP contribution in [0, 0.1) is 12.8 Å². The molecule has 1 aliphatic rings. The van der Waals surface area contributed by atoms with E-state index in [1.807, 2.05) is 0 Å². The second-order valence-corrected chi connectivity index (χ2v) is 6.11. The van der Waals surface area contributed by atoms with Gasteiger partial charge in [-0.3, -0.25) is 9.58 Å². The minimum absolute atomic E-state index is 0.450. The molecule has 2 rings (SSSR count). The molecule has 1 saturated heterocycles. The summed E-state index contributed by atoms with van der Waals surface area (Å²) in [6.07, 6.45) is 4.91. The largest absolute Gasteiger partial charge is 0.319 e. The van der Waals surface area contributed by atoms with Crippen LogP contribution in [0.25, 0.3) is 0 Å². The van der Waals surface area contributed by atoms with Crippen molar-refractivity contribution in [1.82, 2.24) is 20.0 Å². The van der Waals surface area contributed by atoms with Gasteiger partial charge in [0.05, 0.1) is 5.69 Å². The lowest BCUT2D eigenvalue weighted by Crippen LogP contribution is -2.38. The molecule has 108 valence electrons. The smallest absolute Gasteiger partial charge is 0.0638 e. The van der Waals surface area contributed by atoms with E-state index in [0.717, 1.165) is 19.0 Å². The third-order valence-corrected chi connectivity index (χ3v) is 4.04. The summed E-state index contributed by atoms with van der Waals surface area (Å²) in [4.78, 5) is 2.58. The van der Waals surface area contributed by atoms with Gasteiger partial charge >= 0.3 is 0 Å². The van der Waals surface area contributed by atoms with Crippen molar-refractivity contribution < 1.29 is 0 Å². The van der Waals surface area contributed by atoms with Gasteiger partial charge in [0.2, 0.25) is 0 Å². The van der Waals surface area contributed by atoms with Gasteiger partial charge in [-0.25, -0.2) is 0 Å². The maximum absolute atomic E-state index is 4.61. The van der Waals surface area contributed by atoms with E-state index < -0.39 is 0 Å². The number of hydrogen-bond donors (Lipinski definition) is 1. The highest BCUT2D eigenvalue weighted by Crippen LogP contribution is 2.19. The Morgan fingerprint density at radius 1 is 1.47 bits per heavy atom. The summed E-state index contributed by atoms with van der Waals surface area (Å²) in [5, 5.41) is 7.92. The lowest BCUT2D eigenvalue weighted by molar-refractivity contribution is 0.166. The van der Waals surface area contributed by atoms with Crippen LogP contribution in [0.3, 0.4) is 0 Å². The van der Waals surface area contributed by atoms with Gasteiger partial charge in [-0.2, -0.15) is 5.10 Å². The number of nitrogens with one attached hydrogen (secondary N) is 1. The lowest BCUT2D eigenvalue weighted by Gasteiger charge is -2.32. The third kappa shape index (κ3) is 3.80. The molecule has 1 aromatic rings. The van der Waals surface area contributed by atoms with E-state index in [2.05, 4.69) is 54.0 Å². The van der Waals surface area contributed by atoms with Crippen molar-refractivity contribution in [2.75, 3.05) is 26.7 Å². The Bertz CT molecular complexity index is 395. The molecule has 0 amide bonds. The number of piperidine rings is 1. The number of hydrogen-bond acceptors (Lipinski definition) is 3. The minimum Gasteiger partial charge on any atom is -0.319 e. The molecule has 2 heterocycles. The van der Waals surface area contributed by atoms with Crippen LogP contribution in [-0.4, -0.2) is 41.4 Å². The van der Waals surface area contributed by atoms with Crippen LogP contribution in [-0.2, 0) is 6.54 Å². The molecular weight excluding hydrogens is 236 g/mol. The molecule has 0 saturated carbocycles. The summed E-state index contributed by atoms with van der Waals surface area (Å²) in [5.74, 6) is 0.805. The van der Waals surface area contributed by atoms with Gasteiger partial charge in [0.25, 0.3) is 0 Å². The highest BCUT2D eigenvalue weighted by molar-refractivity contribution is 5.15. The maximum Gasteiger partial charge on any atom is 0.0638 e. The van der Waals surface area contributed by atoms with Crippen molar-refractivity contribution in [3.8, 4) is 0 Å². The molecule has 1 atom stereocenters. The SMILES string of the molecule is CNCC1CCCN(Cc2cn(C(C)C)nc2C)C1. The Labute approximate surface area is 117 Å². The summed E-state index contributed by atoms with van der Waals surface area (Å²) < 4.78 is 2.08. The van der Waals surface area contributed by atoms with Crippen LogP contribution in [0.5, 0.6) is 0 Å². The quantitative estimate of drug-likeness (QED) is 0.885. The van der Waals surface area contributed by atoms with Crippen LogP contribution in [0.4, 0.5) is 0 Å². The third-order valence-electron chi connectivity index (χ3n) is 4.04. The van der Waals surface area contributed by atoms with Crippen LogP contribution < -0.4 is 5.32 Å². The number of aryl methyl sites for hydroxylation is 1. The van der Waals surface area contributed by atoms with E-state index in [9.17, 15) is 0 Å². The molecule has 4 nitrogen and oxygen atoms in total. The average Bonchev–Trinajstić information content (AvgIpc) is 2.72. The van der Waals surface area contributed by atoms with E-state index in [1.165, 1.54) is 37.2 Å². The fourth-order valence-electron chi connectivity index (χ4n) is 2.93. The van der Waals surface area contributed by atoms with Gasteiger partial charge in [-0.05, 0) is 59.7 Å². The molecule has 0 aliphatic carbocycles. The monoisotopic (exact) mass is 264 g/mol. The zero-order chi connectivity index (χ0) is 13.8. The van der Waals surface area contributed by atoms with Crippen molar-refractivity contribution in [3.63, 3.8) is 0 Å². The molecule has 0 radical (unpaired) electrons. The van der Waals surface area contributed by atoms with Crippen LogP contribution in [0.15, 0.2) is 6.20 Å². The van der Waals surface area contributed by atoms with Gasteiger partial charge in [0, 0.05) is 30.9 Å². The first kappa shape index (κ1) is 14.5. The van der Waals surface area contributed by atoms with Crippen LogP contribution in [0.2, 0.25) is 0 Å². The van der Waals surface area contributed by atoms with Gasteiger partial charge in [-0.15, -0.1) is 0 Å². The van der Waals surface area contributed by atoms with Crippen molar-refractivity contribution >= 4 is 0 Å². The standard InChI is InChI=1S/C15H28N4/c1-12(2)19-11-15(13(3)17-19)10-18-7-5-6-14(9-18)8-16-4/h11-12,14,16H,5-10H2,1-4H3. The normalized spacial score (nSPS) is 21.2. The molecule has 1 N–H and O–H groups in total. The van der Waals surface area contributed by atoms with E-state index in [0.29, 0.717) is 6.04 Å². The van der Waals surface area contributed by atoms with Gasteiger partial charge in [0.15, 0.2) is 0 Å². The minimum atomic E-state index is 0.450. The van der Waals surface area contributed by atoms with Gasteiger partial charge in [-0.1, -0.05) is 0 Å². The zero-order valence-corrected chi connectivity index (χ0v) is 12.8. The second kappa shape index (κ2) is 6.53. The van der Waals surface area contributed by atoms with Crippen molar-refractivity contribution in [2.45, 2.75) is 46.2 Å². The molecule has 1 aromatic heterocycles. The Hall–Kier alpha value is -0.870. The Morgan fingerprint density at radius 3 is 2.89 bits per heavy atom. The molecule has 4 heteroatoms. The molecule has 1 aliphatic heterocycles. The Morgan fingerprint density at radius 2 is 2.26 bits per heavy atom. The molecule has 19 heavy (non-hydrogen) atoms. The van der Waals surface area contributed by atoms with Crippen LogP contribution >= 0.6 is 0 Å². The maximum atomic E-state index is 4.61. The first-order valence-corrected chi connectivity index (χ1v) is 7.51. The number of rotatable bonds is 5. The van der Waals surface area contributed by atoms with Gasteiger partial charge in [0.1, 0.15) is 0 Å². The average molecular weight is 264 g/mol. The number of nitrogens with zero attached hydrogens (tertiary/aromatic N) is 3. The highest BCUT2D eigenvalue weighted by Gasteiger charge is 2.20. The fraction of sp³-hybridized carbons (Fsp3) is 0.800. The molecule has 1 fully saturated rings. The summed E-state index contributed by atoms with van der Waals surface area (Å²) in [6, 6.07) is 0.450. The molecule has 0 aromatic carbocycles. The van der Waals surface area contributed by atoms with E-state index in [1.54, 1.807) is 0 Å². The first-order valence-electron chi connectivity index (χ1n) is 7.51. The number of aromatic nitrogens is 2. The zero-order valence-electron chi connectivity index (χ0n) is 12.8. The Balaban J connectivity index is 1.96. The topological polar surface area (TPSA) is 33.1 Å². The predicted molar refractivity (Wildman–Crippen MR) is 79.3 cm³/mol.